The fraction of sp³-hybridized carbons (Fsp3) is 0.240. The summed E-state index contributed by atoms with van der Waals surface area (Å²) in [7, 11) is 1.63. The molecule has 0 unspecified atom stereocenters. The first-order valence-corrected chi connectivity index (χ1v) is 11.1. The van der Waals surface area contributed by atoms with Crippen LogP contribution in [0.3, 0.4) is 0 Å². The second-order valence-electron chi connectivity index (χ2n) is 7.57. The third-order valence-electron chi connectivity index (χ3n) is 5.69. The summed E-state index contributed by atoms with van der Waals surface area (Å²) < 4.78 is 6.47. The number of phenolic OH excluding ortho intramolecular Hbond substituents is 1. The maximum absolute atomic E-state index is 13.1. The molecule has 0 aliphatic carbocycles. The number of carbonyl (C=O) groups is 1. The van der Waals surface area contributed by atoms with Crippen LogP contribution >= 0.6 is 22.6 Å². The van der Waals surface area contributed by atoms with Gasteiger partial charge in [-0.3, -0.25) is 4.79 Å². The predicted octanol–water partition coefficient (Wildman–Crippen LogP) is 5.73. The van der Waals surface area contributed by atoms with Crippen molar-refractivity contribution in [2.45, 2.75) is 25.3 Å². The monoisotopic (exact) mass is 513 g/mol. The second-order valence-corrected chi connectivity index (χ2v) is 8.81. The number of ether oxygens (including phenoxy) is 1. The van der Waals surface area contributed by atoms with Crippen LogP contribution in [-0.4, -0.2) is 18.1 Å². The van der Waals surface area contributed by atoms with Crippen LogP contribution in [0, 0.1) is 9.49 Å². The van der Waals surface area contributed by atoms with Crippen LogP contribution in [0.1, 0.15) is 30.0 Å². The molecule has 1 aliphatic heterocycles. The van der Waals surface area contributed by atoms with Crippen molar-refractivity contribution in [2.75, 3.05) is 12.0 Å². The Morgan fingerprint density at radius 3 is 2.27 bits per heavy atom. The van der Waals surface area contributed by atoms with Crippen molar-refractivity contribution in [3.8, 4) is 11.5 Å². The Bertz CT molecular complexity index is 1000. The minimum absolute atomic E-state index is 0.0248. The highest BCUT2D eigenvalue weighted by Gasteiger charge is 2.48. The number of β-lactam (4-membered cyclic amide) rings is 1. The molecule has 1 fully saturated rings. The Morgan fingerprint density at radius 1 is 0.967 bits per heavy atom. The van der Waals surface area contributed by atoms with Crippen molar-refractivity contribution in [1.29, 1.82) is 0 Å². The van der Waals surface area contributed by atoms with Crippen molar-refractivity contribution in [1.82, 2.24) is 0 Å². The molecule has 0 spiro atoms. The molecule has 1 N–H and O–H groups in total. The minimum Gasteiger partial charge on any atom is -0.508 e. The molecule has 5 heteroatoms. The first-order chi connectivity index (χ1) is 14.6. The number of halogens is 1. The highest BCUT2D eigenvalue weighted by atomic mass is 127. The molecule has 1 saturated heterocycles. The number of carbonyl (C=O) groups excluding carboxylic acids is 1. The van der Waals surface area contributed by atoms with E-state index in [1.54, 1.807) is 19.2 Å². The summed E-state index contributed by atoms with van der Waals surface area (Å²) in [5.74, 6) is 1.10. The zero-order valence-electron chi connectivity index (χ0n) is 16.8. The van der Waals surface area contributed by atoms with Gasteiger partial charge in [-0.25, -0.2) is 0 Å². The molecule has 1 heterocycles. The molecule has 4 rings (SSSR count). The number of amides is 1. The molecule has 1 amide bonds. The first kappa shape index (κ1) is 20.7. The highest BCUT2D eigenvalue weighted by molar-refractivity contribution is 14.1. The molecular weight excluding hydrogens is 489 g/mol. The van der Waals surface area contributed by atoms with E-state index in [9.17, 15) is 9.90 Å². The van der Waals surface area contributed by atoms with Crippen molar-refractivity contribution in [3.05, 3.63) is 87.5 Å². The van der Waals surface area contributed by atoms with Gasteiger partial charge in [-0.1, -0.05) is 24.3 Å². The number of aromatic hydroxyl groups is 1. The van der Waals surface area contributed by atoms with Gasteiger partial charge in [0.2, 0.25) is 5.91 Å². The van der Waals surface area contributed by atoms with Gasteiger partial charge in [0.05, 0.1) is 19.1 Å². The van der Waals surface area contributed by atoms with E-state index < -0.39 is 0 Å². The lowest BCUT2D eigenvalue weighted by Gasteiger charge is -2.47. The maximum Gasteiger partial charge on any atom is 0.233 e. The van der Waals surface area contributed by atoms with Gasteiger partial charge in [0.25, 0.3) is 0 Å². The molecule has 3 aromatic carbocycles. The van der Waals surface area contributed by atoms with E-state index in [0.717, 1.165) is 36.3 Å². The summed E-state index contributed by atoms with van der Waals surface area (Å²) in [6.45, 7) is 0. The van der Waals surface area contributed by atoms with E-state index in [0.29, 0.717) is 0 Å². The summed E-state index contributed by atoms with van der Waals surface area (Å²) in [5, 5.41) is 9.68. The topological polar surface area (TPSA) is 49.8 Å². The van der Waals surface area contributed by atoms with Gasteiger partial charge in [-0.2, -0.15) is 0 Å². The lowest BCUT2D eigenvalue weighted by Crippen LogP contribution is -2.55. The van der Waals surface area contributed by atoms with Gasteiger partial charge in [0, 0.05) is 9.26 Å². The molecule has 1 aliphatic rings. The van der Waals surface area contributed by atoms with Gasteiger partial charge in [0.1, 0.15) is 11.5 Å². The van der Waals surface area contributed by atoms with Crippen molar-refractivity contribution < 1.29 is 14.6 Å². The molecule has 0 bridgehead atoms. The van der Waals surface area contributed by atoms with Crippen LogP contribution in [-0.2, 0) is 11.2 Å². The lowest BCUT2D eigenvalue weighted by atomic mass is 9.78. The van der Waals surface area contributed by atoms with Crippen LogP contribution in [0.2, 0.25) is 0 Å². The van der Waals surface area contributed by atoms with Crippen LogP contribution in [0.5, 0.6) is 11.5 Å². The van der Waals surface area contributed by atoms with Gasteiger partial charge >= 0.3 is 0 Å². The van der Waals surface area contributed by atoms with Crippen LogP contribution in [0.25, 0.3) is 0 Å². The Morgan fingerprint density at radius 2 is 1.63 bits per heavy atom. The molecule has 154 valence electrons. The summed E-state index contributed by atoms with van der Waals surface area (Å²) in [6.07, 6.45) is 2.76. The number of anilines is 1. The SMILES string of the molecule is COc1ccc(N2C(=O)[C@@H](CCCc3ccc(I)cc3)[C@@H]2c2ccc(O)cc2)cc1. The molecule has 0 aromatic heterocycles. The first-order valence-electron chi connectivity index (χ1n) is 10.1. The minimum atomic E-state index is -0.0551. The maximum atomic E-state index is 13.1. The summed E-state index contributed by atoms with van der Waals surface area (Å²) in [5.41, 5.74) is 3.21. The number of methoxy groups -OCH3 is 1. The zero-order valence-corrected chi connectivity index (χ0v) is 19.0. The van der Waals surface area contributed by atoms with Gasteiger partial charge < -0.3 is 14.7 Å². The fourth-order valence-corrected chi connectivity index (χ4v) is 4.45. The van der Waals surface area contributed by atoms with Crippen molar-refractivity contribution >= 4 is 34.2 Å². The molecule has 2 atom stereocenters. The number of phenols is 1. The van der Waals surface area contributed by atoms with Gasteiger partial charge in [-0.05, 0) is 102 Å². The van der Waals surface area contributed by atoms with E-state index in [-0.39, 0.29) is 23.6 Å². The standard InChI is InChI=1S/C25H24INO3/c1-30-22-15-11-20(12-16-22)27-24(18-7-13-21(28)14-8-18)23(25(27)29)4-2-3-17-5-9-19(26)10-6-17/h5-16,23-24,28H,2-4H2,1H3/t23-,24-/m0/s1. The molecule has 30 heavy (non-hydrogen) atoms. The van der Waals surface area contributed by atoms with Crippen molar-refractivity contribution in [3.63, 3.8) is 0 Å². The van der Waals surface area contributed by atoms with E-state index in [2.05, 4.69) is 46.9 Å². The van der Waals surface area contributed by atoms with Crippen LogP contribution in [0.15, 0.2) is 72.8 Å². The van der Waals surface area contributed by atoms with Gasteiger partial charge in [0.15, 0.2) is 0 Å². The molecule has 0 saturated carbocycles. The Kier molecular flexibility index (Phi) is 6.27. The van der Waals surface area contributed by atoms with Crippen molar-refractivity contribution in [2.24, 2.45) is 5.92 Å². The molecular formula is C25H24INO3. The fourth-order valence-electron chi connectivity index (χ4n) is 4.09. The van der Waals surface area contributed by atoms with Gasteiger partial charge in [-0.15, -0.1) is 0 Å². The van der Waals surface area contributed by atoms with E-state index >= 15 is 0 Å². The molecule has 3 aromatic rings. The Hall–Kier alpha value is -2.54. The van der Waals surface area contributed by atoms with E-state index in [4.69, 9.17) is 4.74 Å². The Balaban J connectivity index is 1.52. The quantitative estimate of drug-likeness (QED) is 0.324. The number of hydrogen-bond donors (Lipinski definition) is 1. The summed E-state index contributed by atoms with van der Waals surface area (Å²) >= 11 is 2.31. The second kappa shape index (κ2) is 9.08. The average Bonchev–Trinajstić information content (AvgIpc) is 2.77. The summed E-state index contributed by atoms with van der Waals surface area (Å²) in [4.78, 5) is 15.0. The number of benzene rings is 3. The predicted molar refractivity (Wildman–Crippen MR) is 127 cm³/mol. The number of aryl methyl sites for hydroxylation is 1. The third kappa shape index (κ3) is 4.31. The van der Waals surface area contributed by atoms with Crippen LogP contribution < -0.4 is 9.64 Å². The smallest absolute Gasteiger partial charge is 0.233 e. The number of nitrogens with zero attached hydrogens (tertiary/aromatic N) is 1. The lowest BCUT2D eigenvalue weighted by molar-refractivity contribution is -0.130. The highest BCUT2D eigenvalue weighted by Crippen LogP contribution is 2.46. The summed E-state index contributed by atoms with van der Waals surface area (Å²) in [6, 6.07) is 23.3. The number of hydrogen-bond acceptors (Lipinski definition) is 3. The number of rotatable bonds is 7. The van der Waals surface area contributed by atoms with E-state index in [1.807, 2.05) is 41.3 Å². The Labute approximate surface area is 190 Å². The van der Waals surface area contributed by atoms with E-state index in [1.165, 1.54) is 9.13 Å². The third-order valence-corrected chi connectivity index (χ3v) is 6.41. The molecule has 4 nitrogen and oxygen atoms in total. The molecule has 0 radical (unpaired) electrons. The largest absolute Gasteiger partial charge is 0.508 e. The average molecular weight is 513 g/mol. The van der Waals surface area contributed by atoms with Crippen LogP contribution in [0.4, 0.5) is 5.69 Å². The normalized spacial score (nSPS) is 18.2. The zero-order chi connectivity index (χ0) is 21.1.